The number of amides is 1. The minimum absolute atomic E-state index is 0.257. The van der Waals surface area contributed by atoms with E-state index in [4.69, 9.17) is 9.47 Å². The molecule has 0 saturated carbocycles. The minimum Gasteiger partial charge on any atom is -0.493 e. The van der Waals surface area contributed by atoms with Crippen molar-refractivity contribution in [2.45, 2.75) is 6.54 Å². The Bertz CT molecular complexity index is 966. The Morgan fingerprint density at radius 2 is 1.96 bits per heavy atom. The van der Waals surface area contributed by atoms with E-state index < -0.39 is 11.5 Å². The molecule has 0 saturated heterocycles. The highest BCUT2D eigenvalue weighted by Crippen LogP contribution is 2.31. The Hall–Kier alpha value is -3.62. The van der Waals surface area contributed by atoms with Crippen molar-refractivity contribution in [3.05, 3.63) is 53.0 Å². The third-order valence-electron chi connectivity index (χ3n) is 3.54. The molecule has 134 valence electrons. The van der Waals surface area contributed by atoms with Crippen LogP contribution in [0.25, 0.3) is 11.3 Å². The molecule has 2 heterocycles. The number of aromatic nitrogens is 3. The summed E-state index contributed by atoms with van der Waals surface area (Å²) in [5, 5.41) is 10.3. The van der Waals surface area contributed by atoms with Gasteiger partial charge in [-0.1, -0.05) is 5.16 Å². The first-order valence-electron chi connectivity index (χ1n) is 7.61. The van der Waals surface area contributed by atoms with Crippen LogP contribution >= 0.6 is 0 Å². The van der Waals surface area contributed by atoms with Gasteiger partial charge in [0.25, 0.3) is 5.56 Å². The second-order valence-electron chi connectivity index (χ2n) is 5.22. The fraction of sp³-hybridized carbons (Fsp3) is 0.176. The molecule has 26 heavy (non-hydrogen) atoms. The molecule has 3 aromatic rings. The number of nitrogens with one attached hydrogen (secondary N) is 1. The Kier molecular flexibility index (Phi) is 4.97. The van der Waals surface area contributed by atoms with Gasteiger partial charge >= 0.3 is 0 Å². The number of nitrogens with zero attached hydrogens (tertiary/aromatic N) is 3. The number of benzene rings is 1. The maximum absolute atomic E-state index is 12.0. The first-order chi connectivity index (χ1) is 12.6. The van der Waals surface area contributed by atoms with E-state index in [-0.39, 0.29) is 12.4 Å². The summed E-state index contributed by atoms with van der Waals surface area (Å²) in [6, 6.07) is 9.69. The zero-order chi connectivity index (χ0) is 18.5. The summed E-state index contributed by atoms with van der Waals surface area (Å²) in [7, 11) is 3.08. The van der Waals surface area contributed by atoms with Gasteiger partial charge in [-0.15, -0.1) is 0 Å². The standard InChI is InChI=1S/C17H16N4O5/c1-24-13-5-3-11(9-14(13)25-2)12-4-6-17(23)21(19-12)10-16(22)18-15-7-8-26-20-15/h3-9H,10H2,1-2H3,(H,18,20,22). The smallest absolute Gasteiger partial charge is 0.267 e. The van der Waals surface area contributed by atoms with Gasteiger partial charge in [0.15, 0.2) is 17.3 Å². The molecule has 0 bridgehead atoms. The van der Waals surface area contributed by atoms with Crippen molar-refractivity contribution in [3.63, 3.8) is 0 Å². The lowest BCUT2D eigenvalue weighted by Gasteiger charge is -2.10. The van der Waals surface area contributed by atoms with Crippen molar-refractivity contribution in [1.29, 1.82) is 0 Å². The number of anilines is 1. The molecule has 0 fully saturated rings. The number of methoxy groups -OCH3 is 2. The highest BCUT2D eigenvalue weighted by atomic mass is 16.5. The lowest BCUT2D eigenvalue weighted by atomic mass is 10.1. The van der Waals surface area contributed by atoms with E-state index in [9.17, 15) is 9.59 Å². The molecule has 1 aromatic carbocycles. The minimum atomic E-state index is -0.446. The zero-order valence-electron chi connectivity index (χ0n) is 14.1. The van der Waals surface area contributed by atoms with E-state index in [2.05, 4.69) is 20.1 Å². The van der Waals surface area contributed by atoms with Gasteiger partial charge in [0.05, 0.1) is 19.9 Å². The Labute approximate surface area is 148 Å². The number of carbonyl (C=O) groups excluding carboxylic acids is 1. The van der Waals surface area contributed by atoms with Gasteiger partial charge in [-0.3, -0.25) is 9.59 Å². The van der Waals surface area contributed by atoms with Gasteiger partial charge in [0.2, 0.25) is 5.91 Å². The van der Waals surface area contributed by atoms with Crippen LogP contribution in [0.1, 0.15) is 0 Å². The first kappa shape index (κ1) is 17.2. The molecule has 0 unspecified atom stereocenters. The van der Waals surface area contributed by atoms with Gasteiger partial charge in [-0.2, -0.15) is 5.10 Å². The normalized spacial score (nSPS) is 10.4. The van der Waals surface area contributed by atoms with Gasteiger partial charge in [0.1, 0.15) is 12.8 Å². The molecular weight excluding hydrogens is 340 g/mol. The highest BCUT2D eigenvalue weighted by Gasteiger charge is 2.11. The summed E-state index contributed by atoms with van der Waals surface area (Å²) in [6.07, 6.45) is 1.33. The van der Waals surface area contributed by atoms with Gasteiger partial charge in [0, 0.05) is 17.7 Å². The molecule has 0 aliphatic rings. The molecule has 9 nitrogen and oxygen atoms in total. The van der Waals surface area contributed by atoms with Crippen molar-refractivity contribution < 1.29 is 18.8 Å². The molecule has 0 aliphatic heterocycles. The number of ether oxygens (including phenoxy) is 2. The van der Waals surface area contributed by atoms with Crippen LogP contribution in [0.5, 0.6) is 11.5 Å². The molecular formula is C17H16N4O5. The number of rotatable bonds is 6. The Morgan fingerprint density at radius 3 is 2.65 bits per heavy atom. The van der Waals surface area contributed by atoms with Crippen molar-refractivity contribution in [3.8, 4) is 22.8 Å². The maximum Gasteiger partial charge on any atom is 0.267 e. The van der Waals surface area contributed by atoms with Crippen LogP contribution in [-0.2, 0) is 11.3 Å². The van der Waals surface area contributed by atoms with Crippen LogP contribution in [0.2, 0.25) is 0 Å². The number of carbonyl (C=O) groups is 1. The molecule has 0 aliphatic carbocycles. The van der Waals surface area contributed by atoms with E-state index in [1.807, 2.05) is 0 Å². The van der Waals surface area contributed by atoms with Crippen molar-refractivity contribution in [1.82, 2.24) is 14.9 Å². The van der Waals surface area contributed by atoms with Crippen LogP contribution in [0.4, 0.5) is 5.82 Å². The molecule has 3 rings (SSSR count). The molecule has 9 heteroatoms. The van der Waals surface area contributed by atoms with E-state index >= 15 is 0 Å². The van der Waals surface area contributed by atoms with Crippen molar-refractivity contribution in [2.24, 2.45) is 0 Å². The fourth-order valence-electron chi connectivity index (χ4n) is 2.31. The van der Waals surface area contributed by atoms with E-state index in [0.717, 1.165) is 4.68 Å². The summed E-state index contributed by atoms with van der Waals surface area (Å²) >= 11 is 0. The average Bonchev–Trinajstić information content (AvgIpc) is 3.15. The molecule has 0 spiro atoms. The Morgan fingerprint density at radius 1 is 1.15 bits per heavy atom. The Balaban J connectivity index is 1.85. The second kappa shape index (κ2) is 7.51. The zero-order valence-corrected chi connectivity index (χ0v) is 14.1. The summed E-state index contributed by atoms with van der Waals surface area (Å²) in [6.45, 7) is -0.257. The van der Waals surface area contributed by atoms with Crippen molar-refractivity contribution in [2.75, 3.05) is 19.5 Å². The third-order valence-corrected chi connectivity index (χ3v) is 3.54. The molecule has 1 N–H and O–H groups in total. The third kappa shape index (κ3) is 3.72. The predicted octanol–water partition coefficient (Wildman–Crippen LogP) is 1.55. The molecule has 2 aromatic heterocycles. The topological polar surface area (TPSA) is 108 Å². The second-order valence-corrected chi connectivity index (χ2v) is 5.22. The number of hydrogen-bond donors (Lipinski definition) is 1. The lowest BCUT2D eigenvalue weighted by molar-refractivity contribution is -0.117. The summed E-state index contributed by atoms with van der Waals surface area (Å²) in [4.78, 5) is 24.0. The largest absolute Gasteiger partial charge is 0.493 e. The van der Waals surface area contributed by atoms with Gasteiger partial charge in [-0.25, -0.2) is 4.68 Å². The molecule has 0 atom stereocenters. The van der Waals surface area contributed by atoms with Crippen LogP contribution in [-0.4, -0.2) is 35.1 Å². The predicted molar refractivity (Wildman–Crippen MR) is 92.2 cm³/mol. The summed E-state index contributed by atoms with van der Waals surface area (Å²) in [5.41, 5.74) is 0.831. The quantitative estimate of drug-likeness (QED) is 0.714. The maximum atomic E-state index is 12.0. The van der Waals surface area contributed by atoms with E-state index in [0.29, 0.717) is 22.8 Å². The first-order valence-corrected chi connectivity index (χ1v) is 7.61. The monoisotopic (exact) mass is 356 g/mol. The van der Waals surface area contributed by atoms with Gasteiger partial charge < -0.3 is 19.3 Å². The van der Waals surface area contributed by atoms with E-state index in [1.165, 1.54) is 25.5 Å². The van der Waals surface area contributed by atoms with E-state index in [1.54, 1.807) is 31.4 Å². The van der Waals surface area contributed by atoms with Gasteiger partial charge in [-0.05, 0) is 24.3 Å². The van der Waals surface area contributed by atoms with Crippen LogP contribution < -0.4 is 20.3 Å². The molecule has 0 radical (unpaired) electrons. The van der Waals surface area contributed by atoms with Crippen LogP contribution in [0.3, 0.4) is 0 Å². The van der Waals surface area contributed by atoms with Crippen LogP contribution in [0.15, 0.2) is 52.0 Å². The molecule has 1 amide bonds. The van der Waals surface area contributed by atoms with Crippen molar-refractivity contribution >= 4 is 11.7 Å². The highest BCUT2D eigenvalue weighted by molar-refractivity contribution is 5.89. The summed E-state index contributed by atoms with van der Waals surface area (Å²) < 4.78 is 16.2. The summed E-state index contributed by atoms with van der Waals surface area (Å²) in [5.74, 6) is 0.932. The van der Waals surface area contributed by atoms with Crippen LogP contribution in [0, 0.1) is 0 Å². The SMILES string of the molecule is COc1ccc(-c2ccc(=O)n(CC(=O)Nc3ccon3)n2)cc1OC. The number of hydrogen-bond acceptors (Lipinski definition) is 7. The lowest BCUT2D eigenvalue weighted by Crippen LogP contribution is -2.29. The fourth-order valence-corrected chi connectivity index (χ4v) is 2.31. The average molecular weight is 356 g/mol.